The van der Waals surface area contributed by atoms with Crippen LogP contribution in [0.25, 0.3) is 0 Å². The third-order valence-electron chi connectivity index (χ3n) is 5.57. The summed E-state index contributed by atoms with van der Waals surface area (Å²) in [6, 6.07) is 3.32. The Hall–Kier alpha value is -2.40. The molecule has 0 unspecified atom stereocenters. The Balaban J connectivity index is 1.55. The van der Waals surface area contributed by atoms with Crippen LogP contribution in [0.15, 0.2) is 27.3 Å². The lowest BCUT2D eigenvalue weighted by Crippen LogP contribution is -2.44. The van der Waals surface area contributed by atoms with E-state index in [4.69, 9.17) is 8.94 Å². The average molecular weight is 409 g/mol. The molecule has 152 valence electrons. The summed E-state index contributed by atoms with van der Waals surface area (Å²) in [5.41, 5.74) is -0.689. The second-order valence-electron chi connectivity index (χ2n) is 7.31. The van der Waals surface area contributed by atoms with E-state index in [1.54, 1.807) is 37.1 Å². The largest absolute Gasteiger partial charge is 0.467 e. The smallest absolute Gasteiger partial charge is 0.317 e. The molecule has 1 N–H and O–H groups in total. The van der Waals surface area contributed by atoms with Crippen LogP contribution in [0, 0.1) is 12.8 Å². The first-order chi connectivity index (χ1) is 13.3. The monoisotopic (exact) mass is 409 g/mol. The first kappa shape index (κ1) is 18.9. The molecule has 0 spiro atoms. The van der Waals surface area contributed by atoms with Crippen LogP contribution in [0.4, 0.5) is 4.79 Å². The molecule has 0 bridgehead atoms. The third-order valence-corrected chi connectivity index (χ3v) is 7.37. The van der Waals surface area contributed by atoms with Gasteiger partial charge in [-0.15, -0.1) is 0 Å². The molecule has 2 fully saturated rings. The van der Waals surface area contributed by atoms with Crippen molar-refractivity contribution in [3.8, 4) is 0 Å². The van der Waals surface area contributed by atoms with Gasteiger partial charge in [0.15, 0.2) is 5.82 Å². The number of furan rings is 1. The summed E-state index contributed by atoms with van der Waals surface area (Å²) in [6.07, 6.45) is 1.55. The lowest BCUT2D eigenvalue weighted by atomic mass is 9.81. The first-order valence-corrected chi connectivity index (χ1v) is 10.8. The Bertz CT molecular complexity index is 957. The molecular weight excluding hydrogens is 386 g/mol. The van der Waals surface area contributed by atoms with E-state index in [2.05, 4.69) is 15.5 Å². The fraction of sp³-hybridized carbons (Fsp3) is 0.588. The van der Waals surface area contributed by atoms with E-state index < -0.39 is 15.4 Å². The molecule has 0 saturated carbocycles. The Morgan fingerprint density at radius 3 is 2.86 bits per heavy atom. The van der Waals surface area contributed by atoms with Crippen LogP contribution in [0.2, 0.25) is 0 Å². The van der Waals surface area contributed by atoms with E-state index >= 15 is 0 Å². The number of hydrogen-bond donors (Lipinski definition) is 1. The van der Waals surface area contributed by atoms with Gasteiger partial charge < -0.3 is 19.2 Å². The van der Waals surface area contributed by atoms with E-state index in [1.165, 1.54) is 4.31 Å². The van der Waals surface area contributed by atoms with Crippen LogP contribution in [-0.4, -0.2) is 65.7 Å². The second-order valence-corrected chi connectivity index (χ2v) is 9.57. The molecular formula is C17H23N5O5S. The fourth-order valence-electron chi connectivity index (χ4n) is 4.06. The topological polar surface area (TPSA) is 122 Å². The summed E-state index contributed by atoms with van der Waals surface area (Å²) in [7, 11) is -3.34. The van der Waals surface area contributed by atoms with Crippen molar-refractivity contribution >= 4 is 16.1 Å². The van der Waals surface area contributed by atoms with Gasteiger partial charge >= 0.3 is 6.03 Å². The van der Waals surface area contributed by atoms with E-state index in [0.717, 1.165) is 0 Å². The van der Waals surface area contributed by atoms with Gasteiger partial charge in [0.2, 0.25) is 15.9 Å². The number of fused-ring (bicyclic) bond motifs is 1. The molecule has 28 heavy (non-hydrogen) atoms. The summed E-state index contributed by atoms with van der Waals surface area (Å²) < 4.78 is 37.0. The van der Waals surface area contributed by atoms with Gasteiger partial charge in [-0.05, 0) is 26.0 Å². The minimum atomic E-state index is -3.34. The molecule has 2 amide bonds. The minimum Gasteiger partial charge on any atom is -0.467 e. The van der Waals surface area contributed by atoms with Gasteiger partial charge in [-0.1, -0.05) is 5.16 Å². The molecule has 2 saturated heterocycles. The predicted molar refractivity (Wildman–Crippen MR) is 97.8 cm³/mol. The lowest BCUT2D eigenvalue weighted by molar-refractivity contribution is 0.198. The number of urea groups is 1. The molecule has 2 aliphatic heterocycles. The number of carbonyl (C=O) groups excluding carboxylic acids is 1. The number of nitrogens with zero attached hydrogens (tertiary/aromatic N) is 4. The van der Waals surface area contributed by atoms with Gasteiger partial charge in [-0.2, -0.15) is 4.98 Å². The van der Waals surface area contributed by atoms with Crippen LogP contribution in [0.3, 0.4) is 0 Å². The molecule has 0 radical (unpaired) electrons. The van der Waals surface area contributed by atoms with Gasteiger partial charge in [0, 0.05) is 32.1 Å². The molecule has 4 rings (SSSR count). The molecule has 0 aliphatic carbocycles. The van der Waals surface area contributed by atoms with Gasteiger partial charge in [0.25, 0.3) is 0 Å². The van der Waals surface area contributed by atoms with Crippen molar-refractivity contribution in [2.24, 2.45) is 5.92 Å². The van der Waals surface area contributed by atoms with Crippen molar-refractivity contribution in [1.82, 2.24) is 24.7 Å². The predicted octanol–water partition coefficient (Wildman–Crippen LogP) is 0.716. The van der Waals surface area contributed by atoms with Crippen molar-refractivity contribution in [2.75, 3.05) is 31.9 Å². The number of hydrogen-bond acceptors (Lipinski definition) is 7. The molecule has 0 aromatic carbocycles. The zero-order valence-electron chi connectivity index (χ0n) is 15.8. The van der Waals surface area contributed by atoms with Gasteiger partial charge in [0.05, 0.1) is 24.0 Å². The number of aromatic nitrogens is 2. The number of sulfonamides is 1. The van der Waals surface area contributed by atoms with E-state index in [1.807, 2.05) is 0 Å². The van der Waals surface area contributed by atoms with Crippen LogP contribution >= 0.6 is 0 Å². The summed E-state index contributed by atoms with van der Waals surface area (Å²) >= 11 is 0. The lowest BCUT2D eigenvalue weighted by Gasteiger charge is -2.25. The number of likely N-dealkylation sites (tertiary alicyclic amines) is 1. The summed E-state index contributed by atoms with van der Waals surface area (Å²) in [4.78, 5) is 18.7. The Morgan fingerprint density at radius 1 is 1.39 bits per heavy atom. The second kappa shape index (κ2) is 6.89. The minimum absolute atomic E-state index is 0.0337. The zero-order valence-corrected chi connectivity index (χ0v) is 16.6. The summed E-state index contributed by atoms with van der Waals surface area (Å²) in [6.45, 7) is 4.94. The van der Waals surface area contributed by atoms with Crippen LogP contribution in [0.1, 0.15) is 24.4 Å². The highest BCUT2D eigenvalue weighted by molar-refractivity contribution is 7.89. The number of nitrogens with one attached hydrogen (secondary N) is 1. The molecule has 10 nitrogen and oxygen atoms in total. The molecule has 4 heterocycles. The molecule has 2 aromatic heterocycles. The fourth-order valence-corrected chi connectivity index (χ4v) is 5.26. The van der Waals surface area contributed by atoms with E-state index in [-0.39, 0.29) is 30.8 Å². The zero-order chi connectivity index (χ0) is 19.9. The molecule has 11 heteroatoms. The van der Waals surface area contributed by atoms with Crippen LogP contribution in [0.5, 0.6) is 0 Å². The van der Waals surface area contributed by atoms with Gasteiger partial charge in [0.1, 0.15) is 5.76 Å². The van der Waals surface area contributed by atoms with E-state index in [0.29, 0.717) is 37.1 Å². The summed E-state index contributed by atoms with van der Waals surface area (Å²) in [5, 5.41) is 6.72. The van der Waals surface area contributed by atoms with Crippen molar-refractivity contribution in [1.29, 1.82) is 0 Å². The number of amides is 2. The quantitative estimate of drug-likeness (QED) is 0.772. The third kappa shape index (κ3) is 3.18. The Kier molecular flexibility index (Phi) is 4.66. The average Bonchev–Trinajstić information content (AvgIpc) is 3.42. The maximum Gasteiger partial charge on any atom is 0.317 e. The standard InChI is InChI=1S/C17H23N5O5S/c1-3-28(24,25)22-9-13-8-21(16(23)18-7-14-5-4-6-26-14)10-17(13,11-22)15-19-12(2)20-27-15/h4-6,13H,3,7-11H2,1-2H3,(H,18,23)/t13-,17-/m0/s1. The van der Waals surface area contributed by atoms with Crippen molar-refractivity contribution in [3.63, 3.8) is 0 Å². The Morgan fingerprint density at radius 2 is 2.21 bits per heavy atom. The number of rotatable bonds is 5. The highest BCUT2D eigenvalue weighted by Crippen LogP contribution is 2.45. The number of carbonyl (C=O) groups is 1. The van der Waals surface area contributed by atoms with Crippen LogP contribution < -0.4 is 5.32 Å². The Labute approximate surface area is 162 Å². The van der Waals surface area contributed by atoms with Gasteiger partial charge in [-0.25, -0.2) is 17.5 Å². The normalized spacial score (nSPS) is 25.2. The maximum atomic E-state index is 12.7. The summed E-state index contributed by atoms with van der Waals surface area (Å²) in [5.74, 6) is 1.47. The SMILES string of the molecule is CCS(=O)(=O)N1C[C@@H]2CN(C(=O)NCc3ccco3)C[C@]2(c2nc(C)no2)C1. The van der Waals surface area contributed by atoms with Crippen molar-refractivity contribution < 1.29 is 22.2 Å². The van der Waals surface area contributed by atoms with Crippen molar-refractivity contribution in [2.45, 2.75) is 25.8 Å². The maximum absolute atomic E-state index is 12.7. The molecule has 2 aromatic rings. The number of aryl methyl sites for hydroxylation is 1. The highest BCUT2D eigenvalue weighted by Gasteiger charge is 2.59. The molecule has 2 aliphatic rings. The van der Waals surface area contributed by atoms with Crippen LogP contribution in [-0.2, 0) is 22.0 Å². The van der Waals surface area contributed by atoms with E-state index in [9.17, 15) is 13.2 Å². The van der Waals surface area contributed by atoms with Crippen molar-refractivity contribution in [3.05, 3.63) is 35.9 Å². The van der Waals surface area contributed by atoms with Gasteiger partial charge in [-0.3, -0.25) is 0 Å². The molecule has 2 atom stereocenters. The highest BCUT2D eigenvalue weighted by atomic mass is 32.2. The first-order valence-electron chi connectivity index (χ1n) is 9.18.